The molecular weight excluding hydrogens is 536 g/mol. The third-order valence-electron chi connectivity index (χ3n) is 6.90. The van der Waals surface area contributed by atoms with Crippen LogP contribution in [-0.4, -0.2) is 62.6 Å². The van der Waals surface area contributed by atoms with Gasteiger partial charge in [-0.05, 0) is 23.8 Å². The number of para-hydroxylation sites is 1. The van der Waals surface area contributed by atoms with E-state index in [-0.39, 0.29) is 32.9 Å². The van der Waals surface area contributed by atoms with E-state index in [0.717, 1.165) is 6.54 Å². The fourth-order valence-electron chi connectivity index (χ4n) is 4.86. The van der Waals surface area contributed by atoms with Gasteiger partial charge in [0.25, 0.3) is 5.69 Å². The number of nitro benzene ring substituents is 1. The first-order valence-electron chi connectivity index (χ1n) is 12.8. The minimum Gasteiger partial charge on any atom is -0.486 e. The molecular formula is C28H26N4O7S. The quantitative estimate of drug-likeness (QED) is 0.239. The van der Waals surface area contributed by atoms with Gasteiger partial charge in [-0.25, -0.2) is 8.42 Å². The molecule has 0 saturated carbocycles. The summed E-state index contributed by atoms with van der Waals surface area (Å²) in [6.07, 6.45) is 0. The van der Waals surface area contributed by atoms with Gasteiger partial charge in [0.15, 0.2) is 11.5 Å². The van der Waals surface area contributed by atoms with E-state index in [0.29, 0.717) is 50.9 Å². The Morgan fingerprint density at radius 2 is 1.57 bits per heavy atom. The molecule has 0 spiro atoms. The summed E-state index contributed by atoms with van der Waals surface area (Å²) in [6, 6.07) is 20.5. The lowest BCUT2D eigenvalue weighted by Crippen LogP contribution is -2.46. The lowest BCUT2D eigenvalue weighted by atomic mass is 10.2. The molecule has 1 aromatic heterocycles. The molecule has 12 heteroatoms. The summed E-state index contributed by atoms with van der Waals surface area (Å²) in [4.78, 5) is 19.6. The van der Waals surface area contributed by atoms with Gasteiger partial charge in [-0.3, -0.25) is 15.0 Å². The number of sulfone groups is 1. The molecule has 1 saturated heterocycles. The first-order chi connectivity index (χ1) is 19.4. The molecule has 4 aromatic rings. The van der Waals surface area contributed by atoms with Crippen molar-refractivity contribution in [2.75, 3.05) is 44.3 Å². The summed E-state index contributed by atoms with van der Waals surface area (Å²) in [5, 5.41) is 11.4. The zero-order chi connectivity index (χ0) is 27.7. The van der Waals surface area contributed by atoms with E-state index in [1.54, 1.807) is 12.1 Å². The number of aromatic nitrogens is 1. The Kier molecular flexibility index (Phi) is 6.86. The van der Waals surface area contributed by atoms with Crippen LogP contribution in [0.2, 0.25) is 0 Å². The summed E-state index contributed by atoms with van der Waals surface area (Å²) in [5.41, 5.74) is 1.06. The molecule has 0 amide bonds. The molecule has 0 aliphatic carbocycles. The van der Waals surface area contributed by atoms with E-state index in [1.807, 2.05) is 23.1 Å². The number of anilines is 1. The van der Waals surface area contributed by atoms with Crippen LogP contribution in [0.25, 0.3) is 11.5 Å². The van der Waals surface area contributed by atoms with Gasteiger partial charge in [0.1, 0.15) is 18.8 Å². The van der Waals surface area contributed by atoms with Gasteiger partial charge in [-0.2, -0.15) is 4.98 Å². The molecule has 2 aliphatic rings. The van der Waals surface area contributed by atoms with Crippen LogP contribution in [-0.2, 0) is 16.4 Å². The molecule has 0 radical (unpaired) electrons. The van der Waals surface area contributed by atoms with Gasteiger partial charge in [0.05, 0.1) is 9.82 Å². The number of fused-ring (bicyclic) bond motifs is 1. The average Bonchev–Trinajstić information content (AvgIpc) is 3.44. The number of piperazine rings is 1. The van der Waals surface area contributed by atoms with Crippen molar-refractivity contribution < 1.29 is 27.2 Å². The zero-order valence-corrected chi connectivity index (χ0v) is 22.2. The Balaban J connectivity index is 1.37. The van der Waals surface area contributed by atoms with Crippen molar-refractivity contribution in [1.82, 2.24) is 9.88 Å². The van der Waals surface area contributed by atoms with Gasteiger partial charge in [0.2, 0.25) is 26.6 Å². The minimum atomic E-state index is -4.20. The number of oxazole rings is 1. The maximum Gasteiger partial charge on any atom is 0.282 e. The molecule has 11 nitrogen and oxygen atoms in total. The van der Waals surface area contributed by atoms with E-state index in [9.17, 15) is 18.5 Å². The van der Waals surface area contributed by atoms with Crippen LogP contribution in [0, 0.1) is 10.1 Å². The number of nitrogens with zero attached hydrogens (tertiary/aromatic N) is 4. The third kappa shape index (κ3) is 4.98. The fraction of sp³-hybridized carbons (Fsp3) is 0.250. The summed E-state index contributed by atoms with van der Waals surface area (Å²) in [7, 11) is -4.20. The maximum absolute atomic E-state index is 14.0. The van der Waals surface area contributed by atoms with E-state index >= 15 is 0 Å². The summed E-state index contributed by atoms with van der Waals surface area (Å²) < 4.78 is 45.1. The molecule has 40 heavy (non-hydrogen) atoms. The second kappa shape index (κ2) is 10.6. The van der Waals surface area contributed by atoms with Crippen LogP contribution in [0.1, 0.15) is 5.56 Å². The standard InChI is InChI=1S/C28H26N4O7S/c33-32(34)23-9-5-4-8-22(23)26-29-27(40(35,36)21-10-11-24-25(18-21)38-17-16-37-24)28(39-26)31-14-12-30(13-15-31)19-20-6-2-1-3-7-20/h1-11,18H,12-17,19H2. The highest BCUT2D eigenvalue weighted by Crippen LogP contribution is 2.40. The molecule has 0 bridgehead atoms. The number of hydrogen-bond acceptors (Lipinski definition) is 10. The first-order valence-corrected chi connectivity index (χ1v) is 14.3. The molecule has 2 aliphatic heterocycles. The monoisotopic (exact) mass is 562 g/mol. The Hall–Kier alpha value is -4.42. The highest BCUT2D eigenvalue weighted by Gasteiger charge is 2.35. The van der Waals surface area contributed by atoms with Crippen molar-refractivity contribution in [3.05, 3.63) is 88.5 Å². The van der Waals surface area contributed by atoms with Gasteiger partial charge >= 0.3 is 0 Å². The van der Waals surface area contributed by atoms with Crippen LogP contribution in [0.5, 0.6) is 11.5 Å². The number of hydrogen-bond donors (Lipinski definition) is 0. The Morgan fingerprint density at radius 1 is 0.875 bits per heavy atom. The Morgan fingerprint density at radius 3 is 2.33 bits per heavy atom. The van der Waals surface area contributed by atoms with Crippen LogP contribution >= 0.6 is 0 Å². The predicted molar refractivity (Wildman–Crippen MR) is 145 cm³/mol. The van der Waals surface area contributed by atoms with Gasteiger partial charge in [-0.1, -0.05) is 42.5 Å². The average molecular weight is 563 g/mol. The van der Waals surface area contributed by atoms with Crippen molar-refractivity contribution in [2.45, 2.75) is 16.5 Å². The Labute approximate surface area is 230 Å². The van der Waals surface area contributed by atoms with E-state index < -0.39 is 14.8 Å². The highest BCUT2D eigenvalue weighted by atomic mass is 32.2. The van der Waals surface area contributed by atoms with Crippen LogP contribution in [0.3, 0.4) is 0 Å². The highest BCUT2D eigenvalue weighted by molar-refractivity contribution is 7.91. The molecule has 1 fully saturated rings. The predicted octanol–water partition coefficient (Wildman–Crippen LogP) is 4.18. The number of rotatable bonds is 7. The van der Waals surface area contributed by atoms with Crippen LogP contribution in [0.15, 0.2) is 87.1 Å². The molecule has 3 heterocycles. The van der Waals surface area contributed by atoms with E-state index in [2.05, 4.69) is 22.0 Å². The maximum atomic E-state index is 14.0. The number of nitro groups is 1. The Bertz CT molecular complexity index is 1650. The van der Waals surface area contributed by atoms with Crippen LogP contribution in [0.4, 0.5) is 11.6 Å². The normalized spacial score (nSPS) is 15.7. The molecule has 0 N–H and O–H groups in total. The van der Waals surface area contributed by atoms with Crippen molar-refractivity contribution in [1.29, 1.82) is 0 Å². The van der Waals surface area contributed by atoms with Crippen molar-refractivity contribution in [3.63, 3.8) is 0 Å². The number of benzene rings is 3. The van der Waals surface area contributed by atoms with E-state index in [4.69, 9.17) is 13.9 Å². The lowest BCUT2D eigenvalue weighted by molar-refractivity contribution is -0.384. The molecule has 3 aromatic carbocycles. The smallest absolute Gasteiger partial charge is 0.282 e. The fourth-order valence-corrected chi connectivity index (χ4v) is 6.19. The van der Waals surface area contributed by atoms with Gasteiger partial charge in [-0.15, -0.1) is 0 Å². The molecule has 0 unspecified atom stereocenters. The first kappa shape index (κ1) is 25.8. The van der Waals surface area contributed by atoms with Crippen molar-refractivity contribution in [3.8, 4) is 23.0 Å². The van der Waals surface area contributed by atoms with Gasteiger partial charge < -0.3 is 18.8 Å². The van der Waals surface area contributed by atoms with Gasteiger partial charge in [0, 0.05) is 44.9 Å². The van der Waals surface area contributed by atoms with Crippen LogP contribution < -0.4 is 14.4 Å². The second-order valence-corrected chi connectivity index (χ2v) is 11.3. The minimum absolute atomic E-state index is 0.0388. The second-order valence-electron chi connectivity index (χ2n) is 9.46. The summed E-state index contributed by atoms with van der Waals surface area (Å²) >= 11 is 0. The largest absolute Gasteiger partial charge is 0.486 e. The molecule has 6 rings (SSSR count). The number of ether oxygens (including phenoxy) is 2. The lowest BCUT2D eigenvalue weighted by Gasteiger charge is -2.34. The molecule has 206 valence electrons. The summed E-state index contributed by atoms with van der Waals surface area (Å²) in [5.74, 6) is 0.707. The topological polar surface area (TPSA) is 128 Å². The van der Waals surface area contributed by atoms with Crippen molar-refractivity contribution >= 4 is 21.4 Å². The zero-order valence-electron chi connectivity index (χ0n) is 21.4. The SMILES string of the molecule is O=[N+]([O-])c1ccccc1-c1nc(S(=O)(=O)c2ccc3c(c2)OCCO3)c(N2CCN(Cc3ccccc3)CC2)o1. The third-order valence-corrected chi connectivity index (χ3v) is 8.55. The summed E-state index contributed by atoms with van der Waals surface area (Å²) in [6.45, 7) is 3.77. The van der Waals surface area contributed by atoms with E-state index in [1.165, 1.54) is 35.9 Å². The molecule has 0 atom stereocenters. The van der Waals surface area contributed by atoms with Crippen molar-refractivity contribution in [2.24, 2.45) is 0 Å².